The van der Waals surface area contributed by atoms with E-state index in [0.717, 1.165) is 43.4 Å². The van der Waals surface area contributed by atoms with E-state index in [1.165, 1.54) is 5.69 Å². The molecule has 150 valence electrons. The fraction of sp³-hybridized carbons (Fsp3) is 0.318. The molecule has 0 radical (unpaired) electrons. The summed E-state index contributed by atoms with van der Waals surface area (Å²) < 4.78 is 5.86. The maximum absolute atomic E-state index is 5.86. The number of benzene rings is 2. The Morgan fingerprint density at radius 1 is 0.897 bits per heavy atom. The van der Waals surface area contributed by atoms with Crippen LogP contribution in [0.2, 0.25) is 0 Å². The lowest BCUT2D eigenvalue weighted by Gasteiger charge is -2.36. The monoisotopic (exact) mass is 390 g/mol. The van der Waals surface area contributed by atoms with Gasteiger partial charge in [-0.2, -0.15) is 10.1 Å². The molecule has 7 heteroatoms. The maximum atomic E-state index is 5.86. The average Bonchev–Trinajstić information content (AvgIpc) is 2.76. The van der Waals surface area contributed by atoms with Crippen LogP contribution in [-0.2, 0) is 0 Å². The second kappa shape index (κ2) is 8.77. The molecule has 4 rings (SSSR count). The van der Waals surface area contributed by atoms with Crippen LogP contribution in [0.15, 0.2) is 60.8 Å². The fourth-order valence-corrected chi connectivity index (χ4v) is 3.38. The second-order valence-electron chi connectivity index (χ2n) is 7.24. The molecule has 0 saturated carbocycles. The molecule has 3 aromatic rings. The number of hydrogen-bond donors (Lipinski definition) is 1. The van der Waals surface area contributed by atoms with Crippen molar-refractivity contribution in [2.75, 3.05) is 41.3 Å². The molecule has 7 nitrogen and oxygen atoms in total. The molecule has 1 N–H and O–H groups in total. The zero-order valence-electron chi connectivity index (χ0n) is 16.8. The lowest BCUT2D eigenvalue weighted by atomic mass is 10.2. The summed E-state index contributed by atoms with van der Waals surface area (Å²) in [5.74, 6) is 2.07. The number of hydrogen-bond acceptors (Lipinski definition) is 7. The largest absolute Gasteiger partial charge is 0.489 e. The molecule has 1 aliphatic heterocycles. The molecule has 1 saturated heterocycles. The first-order valence-corrected chi connectivity index (χ1v) is 9.96. The van der Waals surface area contributed by atoms with Crippen LogP contribution in [0.1, 0.15) is 13.8 Å². The number of nitrogens with zero attached hydrogens (tertiary/aromatic N) is 5. The van der Waals surface area contributed by atoms with Crippen LogP contribution in [0, 0.1) is 0 Å². The Kier molecular flexibility index (Phi) is 5.74. The number of para-hydroxylation sites is 3. The van der Waals surface area contributed by atoms with Crippen LogP contribution in [0.25, 0.3) is 0 Å². The van der Waals surface area contributed by atoms with E-state index in [4.69, 9.17) is 4.74 Å². The Morgan fingerprint density at radius 3 is 2.34 bits per heavy atom. The molecule has 0 unspecified atom stereocenters. The van der Waals surface area contributed by atoms with Crippen molar-refractivity contribution in [3.63, 3.8) is 0 Å². The first-order chi connectivity index (χ1) is 14.2. The van der Waals surface area contributed by atoms with Crippen molar-refractivity contribution in [2.45, 2.75) is 20.0 Å². The lowest BCUT2D eigenvalue weighted by Crippen LogP contribution is -2.46. The Bertz CT molecular complexity index is 925. The summed E-state index contributed by atoms with van der Waals surface area (Å²) in [6, 6.07) is 18.3. The molecular weight excluding hydrogens is 364 g/mol. The number of rotatable bonds is 6. The SMILES string of the molecule is CC(C)Oc1ccccc1Nc1nncc(N2CCN(c3ccccc3)CC2)n1. The van der Waals surface area contributed by atoms with Gasteiger partial charge < -0.3 is 19.9 Å². The number of ether oxygens (including phenoxy) is 1. The molecule has 0 aliphatic carbocycles. The third-order valence-electron chi connectivity index (χ3n) is 4.77. The smallest absolute Gasteiger partial charge is 0.249 e. The first kappa shape index (κ1) is 19.0. The van der Waals surface area contributed by atoms with Gasteiger partial charge in [0, 0.05) is 31.9 Å². The molecule has 1 aromatic heterocycles. The molecule has 2 aromatic carbocycles. The minimum atomic E-state index is 0.0873. The quantitative estimate of drug-likeness (QED) is 0.688. The summed E-state index contributed by atoms with van der Waals surface area (Å²) in [6.07, 6.45) is 1.81. The van der Waals surface area contributed by atoms with Crippen LogP contribution in [-0.4, -0.2) is 47.5 Å². The topological polar surface area (TPSA) is 66.4 Å². The van der Waals surface area contributed by atoms with Crippen molar-refractivity contribution in [3.05, 3.63) is 60.8 Å². The molecule has 2 heterocycles. The van der Waals surface area contributed by atoms with Gasteiger partial charge in [0.1, 0.15) is 5.75 Å². The molecule has 1 aliphatic rings. The van der Waals surface area contributed by atoms with Crippen LogP contribution < -0.4 is 19.9 Å². The van der Waals surface area contributed by atoms with E-state index >= 15 is 0 Å². The van der Waals surface area contributed by atoms with Gasteiger partial charge in [-0.05, 0) is 38.1 Å². The van der Waals surface area contributed by atoms with E-state index in [-0.39, 0.29) is 6.10 Å². The molecular formula is C22H26N6O. The van der Waals surface area contributed by atoms with Crippen molar-refractivity contribution in [3.8, 4) is 5.75 Å². The average molecular weight is 390 g/mol. The molecule has 0 atom stereocenters. The van der Waals surface area contributed by atoms with Crippen molar-refractivity contribution >= 4 is 23.1 Å². The molecule has 1 fully saturated rings. The van der Waals surface area contributed by atoms with E-state index in [0.29, 0.717) is 5.95 Å². The van der Waals surface area contributed by atoms with Gasteiger partial charge in [-0.15, -0.1) is 5.10 Å². The van der Waals surface area contributed by atoms with E-state index in [9.17, 15) is 0 Å². The lowest BCUT2D eigenvalue weighted by molar-refractivity contribution is 0.244. The zero-order chi connectivity index (χ0) is 20.1. The summed E-state index contributed by atoms with van der Waals surface area (Å²) in [5.41, 5.74) is 2.09. The number of anilines is 4. The summed E-state index contributed by atoms with van der Waals surface area (Å²) >= 11 is 0. The minimum absolute atomic E-state index is 0.0873. The van der Waals surface area contributed by atoms with E-state index in [1.54, 1.807) is 6.20 Å². The third kappa shape index (κ3) is 4.74. The van der Waals surface area contributed by atoms with Crippen molar-refractivity contribution in [1.29, 1.82) is 0 Å². The minimum Gasteiger partial charge on any atom is -0.489 e. The molecule has 0 bridgehead atoms. The van der Waals surface area contributed by atoms with Crippen LogP contribution in [0.5, 0.6) is 5.75 Å². The Morgan fingerprint density at radius 2 is 1.59 bits per heavy atom. The Hall–Kier alpha value is -3.35. The van der Waals surface area contributed by atoms with Gasteiger partial charge in [0.25, 0.3) is 0 Å². The zero-order valence-corrected chi connectivity index (χ0v) is 16.8. The van der Waals surface area contributed by atoms with E-state index in [2.05, 4.69) is 54.6 Å². The standard InChI is InChI=1S/C22H26N6O/c1-17(2)29-20-11-7-6-10-19(20)24-22-25-21(16-23-26-22)28-14-12-27(13-15-28)18-8-4-3-5-9-18/h3-11,16-17H,12-15H2,1-2H3,(H,24,25,26). The highest BCUT2D eigenvalue weighted by Crippen LogP contribution is 2.27. The van der Waals surface area contributed by atoms with Gasteiger partial charge in [-0.3, -0.25) is 0 Å². The predicted molar refractivity (Wildman–Crippen MR) is 116 cm³/mol. The highest BCUT2D eigenvalue weighted by Gasteiger charge is 2.19. The van der Waals surface area contributed by atoms with Crippen LogP contribution in [0.3, 0.4) is 0 Å². The molecule has 0 spiro atoms. The summed E-state index contributed by atoms with van der Waals surface area (Å²) in [6.45, 7) is 7.68. The van der Waals surface area contributed by atoms with Gasteiger partial charge >= 0.3 is 0 Å². The Balaban J connectivity index is 1.44. The van der Waals surface area contributed by atoms with Crippen molar-refractivity contribution in [2.24, 2.45) is 0 Å². The maximum Gasteiger partial charge on any atom is 0.249 e. The molecule has 29 heavy (non-hydrogen) atoms. The highest BCUT2D eigenvalue weighted by molar-refractivity contribution is 5.63. The summed E-state index contributed by atoms with van der Waals surface area (Å²) in [5, 5.41) is 11.5. The van der Waals surface area contributed by atoms with Gasteiger partial charge in [0.05, 0.1) is 18.0 Å². The number of aromatic nitrogens is 3. The Labute approximate surface area is 171 Å². The number of nitrogens with one attached hydrogen (secondary N) is 1. The summed E-state index contributed by atoms with van der Waals surface area (Å²) in [4.78, 5) is 9.32. The summed E-state index contributed by atoms with van der Waals surface area (Å²) in [7, 11) is 0. The van der Waals surface area contributed by atoms with Crippen molar-refractivity contribution < 1.29 is 4.74 Å². The fourth-order valence-electron chi connectivity index (χ4n) is 3.38. The third-order valence-corrected chi connectivity index (χ3v) is 4.77. The highest BCUT2D eigenvalue weighted by atomic mass is 16.5. The van der Waals surface area contributed by atoms with Gasteiger partial charge in [-0.1, -0.05) is 30.3 Å². The van der Waals surface area contributed by atoms with Gasteiger partial charge in [0.2, 0.25) is 5.95 Å². The van der Waals surface area contributed by atoms with Crippen LogP contribution in [0.4, 0.5) is 23.1 Å². The number of piperazine rings is 1. The normalized spacial score (nSPS) is 14.2. The van der Waals surface area contributed by atoms with Gasteiger partial charge in [0.15, 0.2) is 5.82 Å². The first-order valence-electron chi connectivity index (χ1n) is 9.96. The van der Waals surface area contributed by atoms with E-state index in [1.807, 2.05) is 44.2 Å². The predicted octanol–water partition coefficient (Wildman–Crippen LogP) is 3.73. The molecule has 0 amide bonds. The van der Waals surface area contributed by atoms with E-state index < -0.39 is 0 Å². The van der Waals surface area contributed by atoms with Crippen LogP contribution >= 0.6 is 0 Å². The van der Waals surface area contributed by atoms with Crippen molar-refractivity contribution in [1.82, 2.24) is 15.2 Å². The van der Waals surface area contributed by atoms with Gasteiger partial charge in [-0.25, -0.2) is 0 Å². The second-order valence-corrected chi connectivity index (χ2v) is 7.24.